The van der Waals surface area contributed by atoms with Gasteiger partial charge in [-0.15, -0.1) is 0 Å². The molecule has 1 rings (SSSR count). The summed E-state index contributed by atoms with van der Waals surface area (Å²) in [6, 6.07) is 7.01. The molecule has 0 saturated heterocycles. The number of benzene rings is 1. The molecule has 5 heteroatoms. The number of rotatable bonds is 6. The Labute approximate surface area is 103 Å². The third kappa shape index (κ3) is 4.11. The predicted molar refractivity (Wildman–Crippen MR) is 67.9 cm³/mol. The first kappa shape index (κ1) is 14.2. The molecule has 0 radical (unpaired) electrons. The Bertz CT molecular complexity index is 457. The summed E-state index contributed by atoms with van der Waals surface area (Å²) in [6.45, 7) is 2.40. The fraction of sp³-hybridized carbons (Fsp3) is 0.500. The van der Waals surface area contributed by atoms with Gasteiger partial charge in [-0.2, -0.15) is 0 Å². The van der Waals surface area contributed by atoms with Crippen molar-refractivity contribution in [2.24, 2.45) is 0 Å². The SMILES string of the molecule is CCCN(C)S(=O)(=O)Cc1cccc(CO)c1. The minimum Gasteiger partial charge on any atom is -0.392 e. The van der Waals surface area contributed by atoms with Crippen molar-refractivity contribution in [3.05, 3.63) is 35.4 Å². The number of aliphatic hydroxyl groups is 1. The fourth-order valence-corrected chi connectivity index (χ4v) is 2.87. The molecule has 0 unspecified atom stereocenters. The fourth-order valence-electron chi connectivity index (χ4n) is 1.59. The molecule has 4 nitrogen and oxygen atoms in total. The molecular formula is C12H19NO3S. The van der Waals surface area contributed by atoms with Crippen molar-refractivity contribution < 1.29 is 13.5 Å². The molecule has 1 N–H and O–H groups in total. The zero-order chi connectivity index (χ0) is 12.9. The van der Waals surface area contributed by atoms with E-state index in [-0.39, 0.29) is 12.4 Å². The Morgan fingerprint density at radius 3 is 2.53 bits per heavy atom. The minimum absolute atomic E-state index is 0.0165. The number of hydrogen-bond donors (Lipinski definition) is 1. The van der Waals surface area contributed by atoms with Gasteiger partial charge in [0.1, 0.15) is 0 Å². The summed E-state index contributed by atoms with van der Waals surface area (Å²) in [6.07, 6.45) is 0.798. The average Bonchev–Trinajstić information content (AvgIpc) is 2.29. The average molecular weight is 257 g/mol. The molecule has 1 aromatic carbocycles. The third-order valence-electron chi connectivity index (χ3n) is 2.54. The van der Waals surface area contributed by atoms with Gasteiger partial charge in [0, 0.05) is 13.6 Å². The summed E-state index contributed by atoms with van der Waals surface area (Å²) < 4.78 is 25.3. The van der Waals surface area contributed by atoms with E-state index in [0.717, 1.165) is 12.0 Å². The highest BCUT2D eigenvalue weighted by Crippen LogP contribution is 2.12. The predicted octanol–water partition coefficient (Wildman–Crippen LogP) is 1.35. The summed E-state index contributed by atoms with van der Waals surface area (Å²) in [5.41, 5.74) is 1.44. The van der Waals surface area contributed by atoms with Crippen LogP contribution in [0.2, 0.25) is 0 Å². The Kier molecular flexibility index (Phi) is 5.11. The van der Waals surface area contributed by atoms with Gasteiger partial charge >= 0.3 is 0 Å². The summed E-state index contributed by atoms with van der Waals surface area (Å²) in [5, 5.41) is 8.99. The van der Waals surface area contributed by atoms with E-state index in [4.69, 9.17) is 5.11 Å². The van der Waals surface area contributed by atoms with Gasteiger partial charge in [0.2, 0.25) is 10.0 Å². The van der Waals surface area contributed by atoms with Crippen molar-refractivity contribution in [3.8, 4) is 0 Å². The lowest BCUT2D eigenvalue weighted by atomic mass is 10.1. The summed E-state index contributed by atoms with van der Waals surface area (Å²) in [4.78, 5) is 0. The van der Waals surface area contributed by atoms with E-state index in [1.165, 1.54) is 4.31 Å². The quantitative estimate of drug-likeness (QED) is 0.837. The van der Waals surface area contributed by atoms with Crippen LogP contribution in [0.15, 0.2) is 24.3 Å². The lowest BCUT2D eigenvalue weighted by molar-refractivity contribution is 0.281. The van der Waals surface area contributed by atoms with Gasteiger partial charge in [-0.25, -0.2) is 12.7 Å². The van der Waals surface area contributed by atoms with E-state index < -0.39 is 10.0 Å². The van der Waals surface area contributed by atoms with Crippen LogP contribution in [0.5, 0.6) is 0 Å². The van der Waals surface area contributed by atoms with Gasteiger partial charge in [-0.1, -0.05) is 31.2 Å². The Balaban J connectivity index is 2.82. The highest BCUT2D eigenvalue weighted by atomic mass is 32.2. The van der Waals surface area contributed by atoms with Crippen LogP contribution >= 0.6 is 0 Å². The lowest BCUT2D eigenvalue weighted by Gasteiger charge is -2.16. The van der Waals surface area contributed by atoms with Crippen LogP contribution in [-0.4, -0.2) is 31.4 Å². The van der Waals surface area contributed by atoms with Crippen LogP contribution in [0.3, 0.4) is 0 Å². The molecule has 0 spiro atoms. The van der Waals surface area contributed by atoms with Gasteiger partial charge in [-0.05, 0) is 17.5 Å². The third-order valence-corrected chi connectivity index (χ3v) is 4.37. The molecule has 0 aromatic heterocycles. The molecule has 0 aliphatic rings. The first-order valence-corrected chi connectivity index (χ1v) is 7.23. The first-order chi connectivity index (χ1) is 7.99. The van der Waals surface area contributed by atoms with Crippen LogP contribution < -0.4 is 0 Å². The summed E-state index contributed by atoms with van der Waals surface area (Å²) >= 11 is 0. The summed E-state index contributed by atoms with van der Waals surface area (Å²) in [5.74, 6) is -0.0165. The maximum atomic E-state index is 12.0. The first-order valence-electron chi connectivity index (χ1n) is 5.62. The molecule has 0 amide bonds. The van der Waals surface area contributed by atoms with Crippen molar-refractivity contribution in [2.45, 2.75) is 25.7 Å². The Hall–Kier alpha value is -0.910. The molecule has 1 aromatic rings. The second-order valence-corrected chi connectivity index (χ2v) is 6.13. The van der Waals surface area contributed by atoms with E-state index in [0.29, 0.717) is 12.1 Å². The zero-order valence-corrected chi connectivity index (χ0v) is 11.1. The number of hydrogen-bond acceptors (Lipinski definition) is 3. The standard InChI is InChI=1S/C12H19NO3S/c1-3-7-13(2)17(15,16)10-12-6-4-5-11(8-12)9-14/h4-6,8,14H,3,7,9-10H2,1-2H3. The molecule has 96 valence electrons. The van der Waals surface area contributed by atoms with Crippen molar-refractivity contribution in [3.63, 3.8) is 0 Å². The summed E-state index contributed by atoms with van der Waals surface area (Å²) in [7, 11) is -1.66. The highest BCUT2D eigenvalue weighted by Gasteiger charge is 2.17. The largest absolute Gasteiger partial charge is 0.392 e. The lowest BCUT2D eigenvalue weighted by Crippen LogP contribution is -2.28. The molecule has 0 bridgehead atoms. The monoisotopic (exact) mass is 257 g/mol. The molecule has 17 heavy (non-hydrogen) atoms. The van der Waals surface area contributed by atoms with Crippen LogP contribution in [-0.2, 0) is 22.4 Å². The van der Waals surface area contributed by atoms with Gasteiger partial charge < -0.3 is 5.11 Å². The number of sulfonamides is 1. The normalized spacial score (nSPS) is 12.0. The zero-order valence-electron chi connectivity index (χ0n) is 10.3. The molecule has 0 saturated carbocycles. The van der Waals surface area contributed by atoms with Crippen molar-refractivity contribution in [1.82, 2.24) is 4.31 Å². The van der Waals surface area contributed by atoms with E-state index in [1.54, 1.807) is 31.3 Å². The number of nitrogens with zero attached hydrogens (tertiary/aromatic N) is 1. The maximum Gasteiger partial charge on any atom is 0.218 e. The molecular weight excluding hydrogens is 238 g/mol. The highest BCUT2D eigenvalue weighted by molar-refractivity contribution is 7.88. The van der Waals surface area contributed by atoms with Crippen molar-refractivity contribution >= 4 is 10.0 Å². The molecule has 0 aliphatic heterocycles. The Morgan fingerprint density at radius 2 is 1.94 bits per heavy atom. The van der Waals surface area contributed by atoms with Crippen LogP contribution in [0, 0.1) is 0 Å². The van der Waals surface area contributed by atoms with Gasteiger partial charge in [0.25, 0.3) is 0 Å². The smallest absolute Gasteiger partial charge is 0.218 e. The number of aliphatic hydroxyl groups excluding tert-OH is 1. The molecule has 0 fully saturated rings. The van der Waals surface area contributed by atoms with E-state index in [9.17, 15) is 8.42 Å². The van der Waals surface area contributed by atoms with Crippen LogP contribution in [0.1, 0.15) is 24.5 Å². The van der Waals surface area contributed by atoms with Crippen LogP contribution in [0.25, 0.3) is 0 Å². The van der Waals surface area contributed by atoms with Gasteiger partial charge in [0.05, 0.1) is 12.4 Å². The molecule has 0 aliphatic carbocycles. The minimum atomic E-state index is -3.25. The maximum absolute atomic E-state index is 12.0. The second kappa shape index (κ2) is 6.14. The van der Waals surface area contributed by atoms with Gasteiger partial charge in [0.15, 0.2) is 0 Å². The second-order valence-electron chi connectivity index (χ2n) is 4.06. The van der Waals surface area contributed by atoms with Gasteiger partial charge in [-0.3, -0.25) is 0 Å². The van der Waals surface area contributed by atoms with E-state index in [2.05, 4.69) is 0 Å². The van der Waals surface area contributed by atoms with Crippen molar-refractivity contribution in [2.75, 3.05) is 13.6 Å². The molecule has 0 atom stereocenters. The van der Waals surface area contributed by atoms with Crippen LogP contribution in [0.4, 0.5) is 0 Å². The van der Waals surface area contributed by atoms with Crippen molar-refractivity contribution in [1.29, 1.82) is 0 Å². The van der Waals surface area contributed by atoms with E-state index >= 15 is 0 Å². The molecule has 0 heterocycles. The topological polar surface area (TPSA) is 57.6 Å². The van der Waals surface area contributed by atoms with E-state index in [1.807, 2.05) is 6.92 Å². The Morgan fingerprint density at radius 1 is 1.29 bits per heavy atom.